The molecule has 5 heteroatoms. The first-order valence-corrected chi connectivity index (χ1v) is 8.60. The van der Waals surface area contributed by atoms with Crippen molar-refractivity contribution >= 4 is 5.69 Å². The van der Waals surface area contributed by atoms with Gasteiger partial charge in [-0.25, -0.2) is 0 Å². The molecule has 0 heterocycles. The fraction of sp³-hybridized carbons (Fsp3) is 0.667. The molecule has 0 spiro atoms. The minimum Gasteiger partial charge on any atom is -0.502 e. The highest BCUT2D eigenvalue weighted by molar-refractivity contribution is 5.57. The molecule has 2 saturated carbocycles. The summed E-state index contributed by atoms with van der Waals surface area (Å²) in [7, 11) is 0. The first-order valence-electron chi connectivity index (χ1n) is 8.60. The molecule has 0 saturated heterocycles. The Labute approximate surface area is 135 Å². The summed E-state index contributed by atoms with van der Waals surface area (Å²) in [6.07, 6.45) is 5.28. The van der Waals surface area contributed by atoms with Gasteiger partial charge in [0, 0.05) is 5.56 Å². The molecule has 0 amide bonds. The van der Waals surface area contributed by atoms with E-state index in [1.165, 1.54) is 6.07 Å². The molecule has 0 unspecified atom stereocenters. The van der Waals surface area contributed by atoms with Gasteiger partial charge in [-0.05, 0) is 73.3 Å². The van der Waals surface area contributed by atoms with Crippen LogP contribution in [0.3, 0.4) is 0 Å². The summed E-state index contributed by atoms with van der Waals surface area (Å²) >= 11 is 0. The summed E-state index contributed by atoms with van der Waals surface area (Å²) in [5, 5.41) is 31.6. The van der Waals surface area contributed by atoms with Gasteiger partial charge >= 0.3 is 5.69 Å². The highest BCUT2D eigenvalue weighted by Gasteiger charge is 2.54. The topological polar surface area (TPSA) is 83.6 Å². The van der Waals surface area contributed by atoms with E-state index < -0.39 is 4.92 Å². The molecule has 5 nitrogen and oxygen atoms in total. The van der Waals surface area contributed by atoms with Crippen molar-refractivity contribution in [2.24, 2.45) is 17.3 Å². The van der Waals surface area contributed by atoms with E-state index in [1.54, 1.807) is 0 Å². The second kappa shape index (κ2) is 4.94. The third-order valence-electron chi connectivity index (χ3n) is 6.99. The Morgan fingerprint density at radius 2 is 2.04 bits per heavy atom. The number of aromatic hydroxyl groups is 1. The average Bonchev–Trinajstić information content (AvgIpc) is 2.82. The summed E-state index contributed by atoms with van der Waals surface area (Å²) in [5.41, 5.74) is 1.72. The van der Waals surface area contributed by atoms with Gasteiger partial charge in [-0.15, -0.1) is 0 Å². The maximum absolute atomic E-state index is 11.3. The zero-order chi connectivity index (χ0) is 16.4. The van der Waals surface area contributed by atoms with Crippen LogP contribution in [0.4, 0.5) is 5.69 Å². The number of hydrogen-bond acceptors (Lipinski definition) is 4. The number of benzene rings is 1. The molecule has 3 aliphatic rings. The first kappa shape index (κ1) is 14.9. The number of nitro groups is 1. The molecule has 2 N–H and O–H groups in total. The van der Waals surface area contributed by atoms with Gasteiger partial charge in [0.1, 0.15) is 0 Å². The van der Waals surface area contributed by atoms with Crippen molar-refractivity contribution < 1.29 is 15.1 Å². The number of aliphatic hydroxyl groups is 1. The quantitative estimate of drug-likeness (QED) is 0.613. The monoisotopic (exact) mass is 317 g/mol. The van der Waals surface area contributed by atoms with Gasteiger partial charge in [-0.3, -0.25) is 10.1 Å². The van der Waals surface area contributed by atoms with E-state index in [2.05, 4.69) is 6.92 Å². The number of aliphatic hydroxyl groups excluding tert-OH is 1. The molecule has 1 aromatic rings. The van der Waals surface area contributed by atoms with E-state index in [0.717, 1.165) is 43.2 Å². The van der Waals surface area contributed by atoms with Crippen LogP contribution in [0.25, 0.3) is 0 Å². The van der Waals surface area contributed by atoms with Gasteiger partial charge in [0.25, 0.3) is 0 Å². The molecular formula is C18H23NO4. The van der Waals surface area contributed by atoms with Crippen molar-refractivity contribution in [3.8, 4) is 5.75 Å². The normalized spacial score (nSPS) is 38.5. The molecule has 1 aromatic carbocycles. The van der Waals surface area contributed by atoms with Gasteiger partial charge in [0.15, 0.2) is 5.75 Å². The molecule has 0 aliphatic heterocycles. The third-order valence-corrected chi connectivity index (χ3v) is 6.99. The van der Waals surface area contributed by atoms with E-state index in [1.807, 2.05) is 6.07 Å². The molecule has 0 aromatic heterocycles. The Kier molecular flexibility index (Phi) is 3.21. The summed E-state index contributed by atoms with van der Waals surface area (Å²) in [6.45, 7) is 2.22. The summed E-state index contributed by atoms with van der Waals surface area (Å²) in [6, 6.07) is 3.37. The van der Waals surface area contributed by atoms with E-state index in [4.69, 9.17) is 0 Å². The highest BCUT2D eigenvalue weighted by atomic mass is 16.6. The van der Waals surface area contributed by atoms with Crippen LogP contribution in [0.15, 0.2) is 12.1 Å². The number of nitro benzene ring substituents is 1. The minimum atomic E-state index is -0.444. The van der Waals surface area contributed by atoms with Gasteiger partial charge in [0.2, 0.25) is 0 Å². The number of fused-ring (bicyclic) bond motifs is 5. The lowest BCUT2D eigenvalue weighted by atomic mass is 9.55. The fourth-order valence-corrected chi connectivity index (χ4v) is 5.81. The smallest absolute Gasteiger partial charge is 0.314 e. The molecule has 2 fully saturated rings. The van der Waals surface area contributed by atoms with E-state index >= 15 is 0 Å². The predicted molar refractivity (Wildman–Crippen MR) is 85.4 cm³/mol. The Balaban J connectivity index is 1.76. The number of phenolic OH excluding ortho intramolecular Hbond substituents is 1. The molecule has 5 atom stereocenters. The summed E-state index contributed by atoms with van der Waals surface area (Å²) < 4.78 is 0. The van der Waals surface area contributed by atoms with Crippen LogP contribution in [0, 0.1) is 27.4 Å². The lowest BCUT2D eigenvalue weighted by molar-refractivity contribution is -0.386. The van der Waals surface area contributed by atoms with Crippen LogP contribution in [0.5, 0.6) is 5.75 Å². The number of nitrogens with zero attached hydrogens (tertiary/aromatic N) is 1. The maximum atomic E-state index is 11.3. The first-order chi connectivity index (χ1) is 10.9. The van der Waals surface area contributed by atoms with Crippen molar-refractivity contribution in [2.45, 2.75) is 57.5 Å². The zero-order valence-corrected chi connectivity index (χ0v) is 13.4. The second-order valence-electron chi connectivity index (χ2n) is 7.81. The highest BCUT2D eigenvalue weighted by Crippen LogP contribution is 2.61. The van der Waals surface area contributed by atoms with E-state index in [9.17, 15) is 20.3 Å². The van der Waals surface area contributed by atoms with Crippen LogP contribution < -0.4 is 0 Å². The standard InChI is InChI=1S/C18H23NO4/c1-18-9-8-11-10-4-6-15(20)17(19(22)23)13(10)3-2-12(11)14(18)5-7-16(18)21/h4,6,11-12,14,16,20-21H,2-3,5,7-9H2,1H3/t11-,12-,14-,16-,18-/m0/s1. The molecule has 3 aliphatic carbocycles. The van der Waals surface area contributed by atoms with Gasteiger partial charge in [-0.1, -0.05) is 13.0 Å². The van der Waals surface area contributed by atoms with Crippen LogP contribution in [-0.2, 0) is 6.42 Å². The molecule has 4 rings (SSSR count). The van der Waals surface area contributed by atoms with Gasteiger partial charge in [-0.2, -0.15) is 0 Å². The average molecular weight is 317 g/mol. The van der Waals surface area contributed by atoms with Crippen molar-refractivity contribution in [3.63, 3.8) is 0 Å². The Bertz CT molecular complexity index is 673. The van der Waals surface area contributed by atoms with Crippen molar-refractivity contribution in [2.75, 3.05) is 0 Å². The van der Waals surface area contributed by atoms with Gasteiger partial charge < -0.3 is 10.2 Å². The Morgan fingerprint density at radius 1 is 1.26 bits per heavy atom. The van der Waals surface area contributed by atoms with Crippen LogP contribution in [-0.4, -0.2) is 21.2 Å². The van der Waals surface area contributed by atoms with Crippen molar-refractivity contribution in [1.82, 2.24) is 0 Å². The molecule has 0 bridgehead atoms. The predicted octanol–water partition coefficient (Wildman–Crippen LogP) is 3.52. The molecule has 124 valence electrons. The van der Waals surface area contributed by atoms with E-state index in [0.29, 0.717) is 24.2 Å². The Morgan fingerprint density at radius 3 is 2.78 bits per heavy atom. The number of rotatable bonds is 1. The fourth-order valence-electron chi connectivity index (χ4n) is 5.81. The van der Waals surface area contributed by atoms with Crippen LogP contribution in [0.2, 0.25) is 0 Å². The maximum Gasteiger partial charge on any atom is 0.314 e. The summed E-state index contributed by atoms with van der Waals surface area (Å²) in [5.74, 6) is 1.13. The number of phenols is 1. The Hall–Kier alpha value is -1.62. The lowest BCUT2D eigenvalue weighted by Gasteiger charge is -2.49. The third kappa shape index (κ3) is 1.95. The minimum absolute atomic E-state index is 0.0154. The largest absolute Gasteiger partial charge is 0.502 e. The van der Waals surface area contributed by atoms with Gasteiger partial charge in [0.05, 0.1) is 11.0 Å². The summed E-state index contributed by atoms with van der Waals surface area (Å²) in [4.78, 5) is 10.9. The van der Waals surface area contributed by atoms with E-state index in [-0.39, 0.29) is 23.0 Å². The zero-order valence-electron chi connectivity index (χ0n) is 13.4. The molecular weight excluding hydrogens is 294 g/mol. The molecule has 23 heavy (non-hydrogen) atoms. The van der Waals surface area contributed by atoms with Crippen molar-refractivity contribution in [1.29, 1.82) is 0 Å². The lowest BCUT2D eigenvalue weighted by Crippen LogP contribution is -2.44. The second-order valence-corrected chi connectivity index (χ2v) is 7.81. The molecule has 0 radical (unpaired) electrons. The van der Waals surface area contributed by atoms with Crippen molar-refractivity contribution in [3.05, 3.63) is 33.4 Å². The van der Waals surface area contributed by atoms with Crippen LogP contribution in [0.1, 0.15) is 56.1 Å². The van der Waals surface area contributed by atoms with Crippen LogP contribution >= 0.6 is 0 Å². The SMILES string of the molecule is C[C@]12CC[C@H]3c4ccc(O)c([N+](=O)[O-])c4CC[C@@H]3[C@@H]1CC[C@@H]2O. The number of hydrogen-bond donors (Lipinski definition) is 2.